The Balaban J connectivity index is 2.33. The van der Waals surface area contributed by atoms with Crippen molar-refractivity contribution in [2.45, 2.75) is 25.8 Å². The summed E-state index contributed by atoms with van der Waals surface area (Å²) in [6.45, 7) is 3.34. The molecule has 0 saturated carbocycles. The zero-order valence-electron chi connectivity index (χ0n) is 9.04. The Bertz CT molecular complexity index is 273. The number of aliphatic hydroxyl groups is 1. The minimum atomic E-state index is 0.275. The summed E-state index contributed by atoms with van der Waals surface area (Å²) in [4.78, 5) is 0. The van der Waals surface area contributed by atoms with Gasteiger partial charge in [0.2, 0.25) is 0 Å². The van der Waals surface area contributed by atoms with E-state index in [-0.39, 0.29) is 6.61 Å². The van der Waals surface area contributed by atoms with E-state index in [2.05, 4.69) is 12.2 Å². The number of benzene rings is 1. The second kappa shape index (κ2) is 6.83. The van der Waals surface area contributed by atoms with Crippen molar-refractivity contribution >= 4 is 11.6 Å². The Morgan fingerprint density at radius 3 is 2.53 bits per heavy atom. The summed E-state index contributed by atoms with van der Waals surface area (Å²) >= 11 is 5.81. The maximum atomic E-state index is 8.64. The van der Waals surface area contributed by atoms with E-state index < -0.39 is 0 Å². The van der Waals surface area contributed by atoms with Gasteiger partial charge in [0.05, 0.1) is 0 Å². The van der Waals surface area contributed by atoms with Gasteiger partial charge in [0.25, 0.3) is 0 Å². The number of hydrogen-bond acceptors (Lipinski definition) is 2. The summed E-state index contributed by atoms with van der Waals surface area (Å²) in [5, 5.41) is 12.8. The third-order valence-corrected chi connectivity index (χ3v) is 2.66. The van der Waals surface area contributed by atoms with Gasteiger partial charge in [0.1, 0.15) is 0 Å². The van der Waals surface area contributed by atoms with Gasteiger partial charge in [-0.2, -0.15) is 0 Å². The fourth-order valence-corrected chi connectivity index (χ4v) is 1.55. The minimum Gasteiger partial charge on any atom is -0.396 e. The van der Waals surface area contributed by atoms with E-state index in [1.54, 1.807) is 0 Å². The number of unbranched alkanes of at least 4 members (excludes halogenated alkanes) is 1. The zero-order chi connectivity index (χ0) is 11.1. The summed E-state index contributed by atoms with van der Waals surface area (Å²) in [6, 6.07) is 8.21. The van der Waals surface area contributed by atoms with Crippen molar-refractivity contribution in [3.05, 3.63) is 34.9 Å². The average molecular weight is 228 g/mol. The van der Waals surface area contributed by atoms with Crippen molar-refractivity contribution in [1.82, 2.24) is 5.32 Å². The lowest BCUT2D eigenvalue weighted by atomic mass is 10.1. The molecule has 0 aliphatic rings. The molecule has 0 unspecified atom stereocenters. The van der Waals surface area contributed by atoms with Crippen molar-refractivity contribution in [2.75, 3.05) is 13.2 Å². The fourth-order valence-electron chi connectivity index (χ4n) is 1.42. The van der Waals surface area contributed by atoms with E-state index in [0.717, 1.165) is 24.4 Å². The van der Waals surface area contributed by atoms with Crippen molar-refractivity contribution in [2.24, 2.45) is 0 Å². The molecule has 3 heteroatoms. The monoisotopic (exact) mass is 227 g/mol. The van der Waals surface area contributed by atoms with Crippen LogP contribution in [0.4, 0.5) is 0 Å². The van der Waals surface area contributed by atoms with Gasteiger partial charge in [-0.05, 0) is 44.0 Å². The van der Waals surface area contributed by atoms with E-state index in [1.807, 2.05) is 24.3 Å². The minimum absolute atomic E-state index is 0.275. The third kappa shape index (κ3) is 4.65. The van der Waals surface area contributed by atoms with Crippen LogP contribution in [0.5, 0.6) is 0 Å². The first-order chi connectivity index (χ1) is 7.24. The molecule has 0 radical (unpaired) electrons. The molecule has 0 aliphatic heterocycles. The Kier molecular flexibility index (Phi) is 5.69. The Morgan fingerprint density at radius 2 is 1.93 bits per heavy atom. The first kappa shape index (κ1) is 12.5. The molecule has 1 rings (SSSR count). The lowest BCUT2D eigenvalue weighted by Gasteiger charge is -2.13. The molecule has 0 spiro atoms. The quantitative estimate of drug-likeness (QED) is 0.733. The first-order valence-electron chi connectivity index (χ1n) is 5.33. The van der Waals surface area contributed by atoms with Crippen molar-refractivity contribution in [3.63, 3.8) is 0 Å². The van der Waals surface area contributed by atoms with Crippen molar-refractivity contribution in [1.29, 1.82) is 0 Å². The lowest BCUT2D eigenvalue weighted by Crippen LogP contribution is -2.19. The summed E-state index contributed by atoms with van der Waals surface area (Å²) in [7, 11) is 0. The van der Waals surface area contributed by atoms with Crippen LogP contribution in [0, 0.1) is 0 Å². The van der Waals surface area contributed by atoms with Crippen LogP contribution < -0.4 is 5.32 Å². The molecule has 0 amide bonds. The predicted molar refractivity (Wildman–Crippen MR) is 64.2 cm³/mol. The van der Waals surface area contributed by atoms with Gasteiger partial charge < -0.3 is 10.4 Å². The molecule has 0 heterocycles. The van der Waals surface area contributed by atoms with Gasteiger partial charge in [-0.25, -0.2) is 0 Å². The second-order valence-corrected chi connectivity index (χ2v) is 4.09. The van der Waals surface area contributed by atoms with Gasteiger partial charge in [0.15, 0.2) is 0 Å². The maximum absolute atomic E-state index is 8.64. The van der Waals surface area contributed by atoms with Crippen LogP contribution in [0.3, 0.4) is 0 Å². The smallest absolute Gasteiger partial charge is 0.0431 e. The van der Waals surface area contributed by atoms with Gasteiger partial charge in [-0.3, -0.25) is 0 Å². The molecule has 0 bridgehead atoms. The highest BCUT2D eigenvalue weighted by atomic mass is 35.5. The standard InChI is InChI=1S/C12H18ClNO/c1-10(14-8-2-3-9-15)11-4-6-12(13)7-5-11/h4-7,10,14-15H,2-3,8-9H2,1H3/t10-/m1/s1. The van der Waals surface area contributed by atoms with Crippen molar-refractivity contribution < 1.29 is 5.11 Å². The number of hydrogen-bond donors (Lipinski definition) is 2. The first-order valence-corrected chi connectivity index (χ1v) is 5.71. The van der Waals surface area contributed by atoms with Crippen LogP contribution in [0.15, 0.2) is 24.3 Å². The highest BCUT2D eigenvalue weighted by Gasteiger charge is 2.03. The van der Waals surface area contributed by atoms with E-state index in [4.69, 9.17) is 16.7 Å². The SMILES string of the molecule is C[C@@H](NCCCCO)c1ccc(Cl)cc1. The molecule has 84 valence electrons. The van der Waals surface area contributed by atoms with E-state index in [9.17, 15) is 0 Å². The largest absolute Gasteiger partial charge is 0.396 e. The summed E-state index contributed by atoms with van der Waals surface area (Å²) in [5.41, 5.74) is 1.24. The van der Waals surface area contributed by atoms with Crippen LogP contribution in [-0.4, -0.2) is 18.3 Å². The van der Waals surface area contributed by atoms with Gasteiger partial charge in [-0.15, -0.1) is 0 Å². The van der Waals surface area contributed by atoms with Crippen LogP contribution >= 0.6 is 11.6 Å². The third-order valence-electron chi connectivity index (χ3n) is 2.41. The summed E-state index contributed by atoms with van der Waals surface area (Å²) in [6.07, 6.45) is 1.87. The molecule has 15 heavy (non-hydrogen) atoms. The van der Waals surface area contributed by atoms with E-state index in [0.29, 0.717) is 6.04 Å². The molecule has 2 N–H and O–H groups in total. The highest BCUT2D eigenvalue weighted by Crippen LogP contribution is 2.15. The summed E-state index contributed by atoms with van der Waals surface area (Å²) in [5.74, 6) is 0. The fraction of sp³-hybridized carbons (Fsp3) is 0.500. The lowest BCUT2D eigenvalue weighted by molar-refractivity contribution is 0.283. The number of rotatable bonds is 6. The summed E-state index contributed by atoms with van der Waals surface area (Å²) < 4.78 is 0. The van der Waals surface area contributed by atoms with E-state index in [1.165, 1.54) is 5.56 Å². The Hall–Kier alpha value is -0.570. The van der Waals surface area contributed by atoms with Crippen LogP contribution in [0.25, 0.3) is 0 Å². The normalized spacial score (nSPS) is 12.7. The van der Waals surface area contributed by atoms with Gasteiger partial charge in [0, 0.05) is 17.7 Å². The Labute approximate surface area is 96.3 Å². The van der Waals surface area contributed by atoms with Crippen LogP contribution in [0.2, 0.25) is 5.02 Å². The molecular formula is C12H18ClNO. The molecule has 1 aromatic carbocycles. The van der Waals surface area contributed by atoms with Gasteiger partial charge in [-0.1, -0.05) is 23.7 Å². The highest BCUT2D eigenvalue weighted by molar-refractivity contribution is 6.30. The zero-order valence-corrected chi connectivity index (χ0v) is 9.80. The second-order valence-electron chi connectivity index (χ2n) is 3.66. The Morgan fingerprint density at radius 1 is 1.27 bits per heavy atom. The molecule has 1 atom stereocenters. The molecule has 0 aliphatic carbocycles. The predicted octanol–water partition coefficient (Wildman–Crippen LogP) is 2.76. The number of halogens is 1. The molecule has 0 saturated heterocycles. The van der Waals surface area contributed by atoms with Gasteiger partial charge >= 0.3 is 0 Å². The number of nitrogens with one attached hydrogen (secondary N) is 1. The topological polar surface area (TPSA) is 32.3 Å². The van der Waals surface area contributed by atoms with Crippen LogP contribution in [-0.2, 0) is 0 Å². The van der Waals surface area contributed by atoms with Crippen LogP contribution in [0.1, 0.15) is 31.4 Å². The maximum Gasteiger partial charge on any atom is 0.0431 e. The van der Waals surface area contributed by atoms with E-state index >= 15 is 0 Å². The number of aliphatic hydroxyl groups excluding tert-OH is 1. The molecule has 2 nitrogen and oxygen atoms in total. The average Bonchev–Trinajstić information content (AvgIpc) is 2.25. The van der Waals surface area contributed by atoms with Crippen molar-refractivity contribution in [3.8, 4) is 0 Å². The molecule has 0 aromatic heterocycles. The molecular weight excluding hydrogens is 210 g/mol. The molecule has 0 fully saturated rings. The molecule has 1 aromatic rings.